The van der Waals surface area contributed by atoms with Crippen molar-refractivity contribution < 1.29 is 18.0 Å². The van der Waals surface area contributed by atoms with Crippen LogP contribution in [0.15, 0.2) is 54.7 Å². The van der Waals surface area contributed by atoms with Gasteiger partial charge in [0, 0.05) is 17.7 Å². The van der Waals surface area contributed by atoms with Crippen LogP contribution in [-0.4, -0.2) is 21.5 Å². The molecular weight excluding hydrogens is 367 g/mol. The van der Waals surface area contributed by atoms with E-state index in [2.05, 4.69) is 10.3 Å². The Balaban J connectivity index is 1.65. The first-order valence-electron chi connectivity index (χ1n) is 9.33. The zero-order valence-electron chi connectivity index (χ0n) is 15.1. The minimum atomic E-state index is -4.25. The van der Waals surface area contributed by atoms with Crippen LogP contribution in [0.1, 0.15) is 25.7 Å². The molecule has 1 aliphatic rings. The minimum Gasteiger partial charge on any atom is -0.310 e. The Morgan fingerprint density at radius 2 is 1.82 bits per heavy atom. The summed E-state index contributed by atoms with van der Waals surface area (Å²) in [5.74, 6) is -1.95. The summed E-state index contributed by atoms with van der Waals surface area (Å²) < 4.78 is 41.1. The predicted octanol–water partition coefficient (Wildman–Crippen LogP) is 5.31. The molecule has 146 valence electrons. The first-order chi connectivity index (χ1) is 13.4. The molecule has 0 aliphatic heterocycles. The summed E-state index contributed by atoms with van der Waals surface area (Å²) in [6.07, 6.45) is -1.66. The first-order valence-corrected chi connectivity index (χ1v) is 9.33. The average molecular weight is 387 g/mol. The third-order valence-corrected chi connectivity index (χ3v) is 5.33. The topological polar surface area (TPSA) is 46.4 Å². The number of nitrogens with zero attached hydrogens (tertiary/aromatic N) is 2. The Kier molecular flexibility index (Phi) is 4.83. The van der Waals surface area contributed by atoms with Crippen molar-refractivity contribution in [2.75, 3.05) is 5.32 Å². The molecule has 0 bridgehead atoms. The van der Waals surface area contributed by atoms with Gasteiger partial charge < -0.3 is 5.32 Å². The lowest BCUT2D eigenvalue weighted by Gasteiger charge is -2.29. The van der Waals surface area contributed by atoms with Gasteiger partial charge in [-0.05, 0) is 31.4 Å². The summed E-state index contributed by atoms with van der Waals surface area (Å²) in [4.78, 5) is 17.4. The van der Waals surface area contributed by atoms with Crippen molar-refractivity contribution in [1.29, 1.82) is 0 Å². The molecule has 2 heterocycles. The number of carbonyl (C=O) groups excluding carboxylic acids is 1. The Hall–Kier alpha value is -2.83. The number of hydrogen-bond donors (Lipinski definition) is 1. The lowest BCUT2D eigenvalue weighted by molar-refractivity contribution is -0.185. The van der Waals surface area contributed by atoms with Crippen molar-refractivity contribution in [3.05, 3.63) is 54.7 Å². The molecule has 0 spiro atoms. The smallest absolute Gasteiger partial charge is 0.310 e. The van der Waals surface area contributed by atoms with Crippen LogP contribution in [-0.2, 0) is 4.79 Å². The standard InChI is InChI=1S/C21H20F3N3O/c22-21(23,24)16-10-6-9-15(13-16)20(28)26-19-18(14-7-2-1-3-8-14)25-17-11-4-5-12-27(17)19/h1-5,7-8,11-12,15-16H,6,9-10,13H2,(H,26,28). The second-order valence-corrected chi connectivity index (χ2v) is 7.20. The van der Waals surface area contributed by atoms with Crippen LogP contribution in [0, 0.1) is 11.8 Å². The molecule has 1 fully saturated rings. The first kappa shape index (κ1) is 18.5. The average Bonchev–Trinajstić information content (AvgIpc) is 3.07. The van der Waals surface area contributed by atoms with E-state index < -0.39 is 18.0 Å². The van der Waals surface area contributed by atoms with Crippen LogP contribution in [0.4, 0.5) is 19.0 Å². The van der Waals surface area contributed by atoms with Crippen LogP contribution in [0.3, 0.4) is 0 Å². The summed E-state index contributed by atoms with van der Waals surface area (Å²) in [7, 11) is 0. The third kappa shape index (κ3) is 3.61. The molecule has 1 amide bonds. The Morgan fingerprint density at radius 1 is 1.07 bits per heavy atom. The maximum Gasteiger partial charge on any atom is 0.391 e. The van der Waals surface area contributed by atoms with Gasteiger partial charge in [-0.3, -0.25) is 9.20 Å². The second-order valence-electron chi connectivity index (χ2n) is 7.20. The van der Waals surface area contributed by atoms with Crippen LogP contribution in [0.2, 0.25) is 0 Å². The molecule has 0 radical (unpaired) electrons. The zero-order valence-corrected chi connectivity index (χ0v) is 15.1. The summed E-state index contributed by atoms with van der Waals surface area (Å²) in [6, 6.07) is 14.9. The summed E-state index contributed by atoms with van der Waals surface area (Å²) in [5, 5.41) is 2.87. The molecule has 1 aliphatic carbocycles. The number of aromatic nitrogens is 2. The third-order valence-electron chi connectivity index (χ3n) is 5.33. The molecule has 1 saturated carbocycles. The highest BCUT2D eigenvalue weighted by Gasteiger charge is 2.43. The predicted molar refractivity (Wildman–Crippen MR) is 101 cm³/mol. The Morgan fingerprint density at radius 3 is 2.57 bits per heavy atom. The molecule has 1 N–H and O–H groups in total. The fourth-order valence-corrected chi connectivity index (χ4v) is 3.86. The summed E-state index contributed by atoms with van der Waals surface area (Å²) in [6.45, 7) is 0. The van der Waals surface area contributed by atoms with E-state index in [1.165, 1.54) is 0 Å². The molecule has 0 saturated heterocycles. The highest BCUT2D eigenvalue weighted by Crippen LogP contribution is 2.40. The maximum absolute atomic E-state index is 13.1. The quantitative estimate of drug-likeness (QED) is 0.662. The van der Waals surface area contributed by atoms with Crippen molar-refractivity contribution in [2.24, 2.45) is 11.8 Å². The fourth-order valence-electron chi connectivity index (χ4n) is 3.86. The van der Waals surface area contributed by atoms with Gasteiger partial charge in [-0.1, -0.05) is 42.8 Å². The van der Waals surface area contributed by atoms with Gasteiger partial charge in [-0.2, -0.15) is 13.2 Å². The molecule has 2 aromatic heterocycles. The second kappa shape index (κ2) is 7.30. The van der Waals surface area contributed by atoms with Gasteiger partial charge in [-0.25, -0.2) is 4.98 Å². The minimum absolute atomic E-state index is 0.0954. The SMILES string of the molecule is O=C(Nc1c(-c2ccccc2)nc2ccccn12)C1CCCC(C(F)(F)F)C1. The lowest BCUT2D eigenvalue weighted by atomic mass is 9.80. The van der Waals surface area contributed by atoms with E-state index in [0.717, 1.165) is 5.56 Å². The van der Waals surface area contributed by atoms with Crippen molar-refractivity contribution in [1.82, 2.24) is 9.38 Å². The van der Waals surface area contributed by atoms with Crippen molar-refractivity contribution in [2.45, 2.75) is 31.9 Å². The van der Waals surface area contributed by atoms with Crippen LogP contribution < -0.4 is 5.32 Å². The normalized spacial score (nSPS) is 20.2. The Bertz CT molecular complexity index is 981. The van der Waals surface area contributed by atoms with Crippen LogP contribution >= 0.6 is 0 Å². The summed E-state index contributed by atoms with van der Waals surface area (Å²) >= 11 is 0. The van der Waals surface area contributed by atoms with E-state index in [0.29, 0.717) is 30.0 Å². The van der Waals surface area contributed by atoms with Gasteiger partial charge in [0.25, 0.3) is 0 Å². The van der Waals surface area contributed by atoms with Crippen LogP contribution in [0.25, 0.3) is 16.9 Å². The van der Waals surface area contributed by atoms with Crippen molar-refractivity contribution in [3.8, 4) is 11.3 Å². The maximum atomic E-state index is 13.1. The van der Waals surface area contributed by atoms with E-state index in [1.54, 1.807) is 10.6 Å². The molecule has 7 heteroatoms. The molecule has 28 heavy (non-hydrogen) atoms. The number of anilines is 1. The number of benzene rings is 1. The monoisotopic (exact) mass is 387 g/mol. The van der Waals surface area contributed by atoms with Gasteiger partial charge in [-0.15, -0.1) is 0 Å². The molecular formula is C21H20F3N3O. The van der Waals surface area contributed by atoms with Crippen LogP contribution in [0.5, 0.6) is 0 Å². The highest BCUT2D eigenvalue weighted by atomic mass is 19.4. The number of nitrogens with one attached hydrogen (secondary N) is 1. The van der Waals surface area contributed by atoms with E-state index in [4.69, 9.17) is 0 Å². The molecule has 3 aromatic rings. The van der Waals surface area contributed by atoms with Crippen molar-refractivity contribution >= 4 is 17.4 Å². The molecule has 4 rings (SSSR count). The molecule has 2 atom stereocenters. The molecule has 2 unspecified atom stereocenters. The van der Waals surface area contributed by atoms with Gasteiger partial charge in [0.1, 0.15) is 17.2 Å². The largest absolute Gasteiger partial charge is 0.391 e. The Labute approximate surface area is 160 Å². The highest BCUT2D eigenvalue weighted by molar-refractivity contribution is 5.96. The number of alkyl halides is 3. The van der Waals surface area contributed by atoms with E-state index in [1.807, 2.05) is 48.5 Å². The lowest BCUT2D eigenvalue weighted by Crippen LogP contribution is -2.34. The number of pyridine rings is 1. The summed E-state index contributed by atoms with van der Waals surface area (Å²) in [5.41, 5.74) is 2.09. The number of halogens is 3. The number of amides is 1. The fraction of sp³-hybridized carbons (Fsp3) is 0.333. The number of imidazole rings is 1. The van der Waals surface area contributed by atoms with E-state index in [9.17, 15) is 18.0 Å². The zero-order chi connectivity index (χ0) is 19.7. The van der Waals surface area contributed by atoms with Gasteiger partial charge in [0.15, 0.2) is 0 Å². The number of carbonyl (C=O) groups is 1. The van der Waals surface area contributed by atoms with E-state index in [-0.39, 0.29) is 18.7 Å². The molecule has 1 aromatic carbocycles. The van der Waals surface area contributed by atoms with Crippen molar-refractivity contribution in [3.63, 3.8) is 0 Å². The molecule has 4 nitrogen and oxygen atoms in total. The number of hydrogen-bond acceptors (Lipinski definition) is 2. The van der Waals surface area contributed by atoms with Gasteiger partial charge >= 0.3 is 6.18 Å². The van der Waals surface area contributed by atoms with E-state index >= 15 is 0 Å². The van der Waals surface area contributed by atoms with Gasteiger partial charge in [0.2, 0.25) is 5.91 Å². The number of fused-ring (bicyclic) bond motifs is 1. The number of rotatable bonds is 3. The van der Waals surface area contributed by atoms with Gasteiger partial charge in [0.05, 0.1) is 5.92 Å².